The minimum absolute atomic E-state index is 0.454. The Labute approximate surface area is 103 Å². The van der Waals surface area contributed by atoms with Crippen molar-refractivity contribution in [2.75, 3.05) is 37.9 Å². The monoisotopic (exact) mass is 245 g/mol. The van der Waals surface area contributed by atoms with Crippen molar-refractivity contribution in [3.05, 3.63) is 0 Å². The number of rotatable bonds is 6. The topological polar surface area (TPSA) is 30.5 Å². The van der Waals surface area contributed by atoms with Crippen LogP contribution in [0.5, 0.6) is 0 Å². The summed E-state index contributed by atoms with van der Waals surface area (Å²) in [5, 5.41) is 3.59. The fraction of sp³-hybridized carbons (Fsp3) is 1.00. The summed E-state index contributed by atoms with van der Waals surface area (Å²) in [7, 11) is 0. The first-order valence-corrected chi connectivity index (χ1v) is 7.61. The van der Waals surface area contributed by atoms with E-state index in [1.807, 2.05) is 0 Å². The summed E-state index contributed by atoms with van der Waals surface area (Å²) >= 11 is 2.06. The maximum atomic E-state index is 5.82. The molecule has 0 aliphatic carbocycles. The zero-order valence-corrected chi connectivity index (χ0v) is 10.8. The first kappa shape index (κ1) is 12.7. The first-order chi connectivity index (χ1) is 7.95. The van der Waals surface area contributed by atoms with Crippen LogP contribution in [-0.2, 0) is 9.47 Å². The van der Waals surface area contributed by atoms with Crippen molar-refractivity contribution >= 4 is 11.8 Å². The van der Waals surface area contributed by atoms with Gasteiger partial charge in [0.15, 0.2) is 0 Å². The molecule has 1 N–H and O–H groups in total. The van der Waals surface area contributed by atoms with Gasteiger partial charge in [0, 0.05) is 31.6 Å². The third-order valence-electron chi connectivity index (χ3n) is 3.21. The summed E-state index contributed by atoms with van der Waals surface area (Å²) in [5.41, 5.74) is 0. The Hall–Kier alpha value is 0.230. The summed E-state index contributed by atoms with van der Waals surface area (Å²) in [6, 6.07) is 0.757. The zero-order valence-electron chi connectivity index (χ0n) is 9.95. The van der Waals surface area contributed by atoms with Crippen molar-refractivity contribution in [3.63, 3.8) is 0 Å². The molecule has 4 heteroatoms. The summed E-state index contributed by atoms with van der Waals surface area (Å²) in [6.45, 7) is 3.76. The molecule has 0 aromatic carbocycles. The van der Waals surface area contributed by atoms with E-state index >= 15 is 0 Å². The number of hydrogen-bond acceptors (Lipinski definition) is 4. The van der Waals surface area contributed by atoms with Gasteiger partial charge in [0.05, 0.1) is 6.10 Å². The first-order valence-electron chi connectivity index (χ1n) is 6.45. The Balaban J connectivity index is 1.42. The minimum Gasteiger partial charge on any atom is -0.381 e. The molecule has 0 aromatic heterocycles. The lowest BCUT2D eigenvalue weighted by molar-refractivity contribution is -0.0322. The molecule has 94 valence electrons. The molecule has 0 spiro atoms. The van der Waals surface area contributed by atoms with Crippen LogP contribution in [0.25, 0.3) is 0 Å². The molecule has 0 bridgehead atoms. The molecule has 0 aromatic rings. The van der Waals surface area contributed by atoms with Crippen LogP contribution in [-0.4, -0.2) is 50.0 Å². The smallest absolute Gasteiger partial charge is 0.0619 e. The second-order valence-corrected chi connectivity index (χ2v) is 5.70. The minimum atomic E-state index is 0.454. The van der Waals surface area contributed by atoms with Crippen LogP contribution in [0.1, 0.15) is 25.7 Å². The highest BCUT2D eigenvalue weighted by Gasteiger charge is 2.15. The molecule has 2 rings (SSSR count). The molecule has 1 atom stereocenters. The van der Waals surface area contributed by atoms with E-state index < -0.39 is 0 Å². The lowest BCUT2D eigenvalue weighted by Crippen LogP contribution is -2.30. The van der Waals surface area contributed by atoms with Gasteiger partial charge in [0.2, 0.25) is 0 Å². The Morgan fingerprint density at radius 1 is 1.25 bits per heavy atom. The van der Waals surface area contributed by atoms with E-state index in [-0.39, 0.29) is 0 Å². The molecule has 16 heavy (non-hydrogen) atoms. The zero-order chi connectivity index (χ0) is 11.1. The second-order valence-electron chi connectivity index (χ2n) is 4.55. The maximum Gasteiger partial charge on any atom is 0.0619 e. The van der Waals surface area contributed by atoms with Crippen molar-refractivity contribution in [2.24, 2.45) is 0 Å². The molecule has 0 saturated carbocycles. The number of nitrogens with one attached hydrogen (secondary N) is 1. The van der Waals surface area contributed by atoms with Gasteiger partial charge in [-0.25, -0.2) is 0 Å². The van der Waals surface area contributed by atoms with Crippen molar-refractivity contribution in [2.45, 2.75) is 37.8 Å². The Bertz CT molecular complexity index is 180. The summed E-state index contributed by atoms with van der Waals surface area (Å²) in [6.07, 6.45) is 5.08. The van der Waals surface area contributed by atoms with Gasteiger partial charge in [-0.05, 0) is 38.0 Å². The van der Waals surface area contributed by atoms with Crippen LogP contribution in [0.3, 0.4) is 0 Å². The lowest BCUT2D eigenvalue weighted by atomic mass is 10.1. The van der Waals surface area contributed by atoms with Gasteiger partial charge in [-0.2, -0.15) is 11.8 Å². The van der Waals surface area contributed by atoms with Crippen molar-refractivity contribution in [1.29, 1.82) is 0 Å². The lowest BCUT2D eigenvalue weighted by Gasteiger charge is -2.22. The fourth-order valence-corrected chi connectivity index (χ4v) is 3.35. The van der Waals surface area contributed by atoms with Gasteiger partial charge in [0.25, 0.3) is 0 Å². The average Bonchev–Trinajstić information content (AvgIpc) is 2.83. The quantitative estimate of drug-likeness (QED) is 0.721. The molecule has 0 radical (unpaired) electrons. The molecule has 2 fully saturated rings. The average molecular weight is 245 g/mol. The molecule has 3 nitrogen and oxygen atoms in total. The van der Waals surface area contributed by atoms with Crippen molar-refractivity contribution in [1.82, 2.24) is 5.32 Å². The van der Waals surface area contributed by atoms with Gasteiger partial charge in [-0.3, -0.25) is 0 Å². The second kappa shape index (κ2) is 7.54. The molecule has 0 amide bonds. The molecule has 2 saturated heterocycles. The SMILES string of the molecule is C(CNC1CCSC1)COC1CCOCC1. The molecule has 2 aliphatic rings. The van der Waals surface area contributed by atoms with Crippen LogP contribution in [0.15, 0.2) is 0 Å². The van der Waals surface area contributed by atoms with E-state index in [0.29, 0.717) is 6.10 Å². The summed E-state index contributed by atoms with van der Waals surface area (Å²) < 4.78 is 11.1. The van der Waals surface area contributed by atoms with Crippen LogP contribution in [0, 0.1) is 0 Å². The summed E-state index contributed by atoms with van der Waals surface area (Å²) in [5.74, 6) is 2.62. The normalized spacial score (nSPS) is 27.4. The Morgan fingerprint density at radius 2 is 2.12 bits per heavy atom. The number of thioether (sulfide) groups is 1. The van der Waals surface area contributed by atoms with E-state index in [4.69, 9.17) is 9.47 Å². The number of hydrogen-bond donors (Lipinski definition) is 1. The van der Waals surface area contributed by atoms with Gasteiger partial charge in [0.1, 0.15) is 0 Å². The van der Waals surface area contributed by atoms with Gasteiger partial charge >= 0.3 is 0 Å². The van der Waals surface area contributed by atoms with Crippen molar-refractivity contribution < 1.29 is 9.47 Å². The third-order valence-corrected chi connectivity index (χ3v) is 4.37. The van der Waals surface area contributed by atoms with E-state index in [9.17, 15) is 0 Å². The van der Waals surface area contributed by atoms with Crippen molar-refractivity contribution in [3.8, 4) is 0 Å². The van der Waals surface area contributed by atoms with Gasteiger partial charge in [-0.1, -0.05) is 0 Å². The molecule has 2 heterocycles. The van der Waals surface area contributed by atoms with Gasteiger partial charge < -0.3 is 14.8 Å². The van der Waals surface area contributed by atoms with Crippen LogP contribution in [0.2, 0.25) is 0 Å². The standard InChI is InChI=1S/C12H23NO2S/c1(5-13-11-4-9-16-10-11)6-15-12-2-7-14-8-3-12/h11-13H,1-10H2. The maximum absolute atomic E-state index is 5.82. The van der Waals surface area contributed by atoms with Gasteiger partial charge in [-0.15, -0.1) is 0 Å². The fourth-order valence-electron chi connectivity index (χ4n) is 2.17. The highest BCUT2D eigenvalue weighted by molar-refractivity contribution is 7.99. The molecule has 1 unspecified atom stereocenters. The highest BCUT2D eigenvalue weighted by atomic mass is 32.2. The highest BCUT2D eigenvalue weighted by Crippen LogP contribution is 2.16. The van der Waals surface area contributed by atoms with Crippen LogP contribution >= 0.6 is 11.8 Å². The largest absolute Gasteiger partial charge is 0.381 e. The molecular formula is C12H23NO2S. The predicted molar refractivity (Wildman–Crippen MR) is 68.1 cm³/mol. The summed E-state index contributed by atoms with van der Waals surface area (Å²) in [4.78, 5) is 0. The molecule has 2 aliphatic heterocycles. The number of ether oxygens (including phenoxy) is 2. The van der Waals surface area contributed by atoms with Crippen LogP contribution in [0.4, 0.5) is 0 Å². The Kier molecular flexibility index (Phi) is 5.97. The van der Waals surface area contributed by atoms with E-state index in [1.54, 1.807) is 0 Å². The van der Waals surface area contributed by atoms with E-state index in [1.165, 1.54) is 17.9 Å². The third kappa shape index (κ3) is 4.62. The van der Waals surface area contributed by atoms with E-state index in [2.05, 4.69) is 17.1 Å². The molecular weight excluding hydrogens is 222 g/mol. The Morgan fingerprint density at radius 3 is 2.88 bits per heavy atom. The van der Waals surface area contributed by atoms with Crippen LogP contribution < -0.4 is 5.32 Å². The predicted octanol–water partition coefficient (Wildman–Crippen LogP) is 1.67. The van der Waals surface area contributed by atoms with E-state index in [0.717, 1.165) is 51.7 Å².